The molecule has 0 spiro atoms. The first-order valence-corrected chi connectivity index (χ1v) is 9.96. The van der Waals surface area contributed by atoms with Crippen LogP contribution in [0.25, 0.3) is 0 Å². The Labute approximate surface area is 160 Å². The number of hydrogen-bond donors (Lipinski definition) is 1. The summed E-state index contributed by atoms with van der Waals surface area (Å²) in [6.07, 6.45) is 4.43. The average molecular weight is 363 g/mol. The molecular weight excluding hydrogens is 324 g/mol. The van der Waals surface area contributed by atoms with Crippen LogP contribution in [0.4, 0.5) is 0 Å². The van der Waals surface area contributed by atoms with E-state index in [1.807, 2.05) is 41.5 Å². The summed E-state index contributed by atoms with van der Waals surface area (Å²) >= 11 is 0. The fourth-order valence-corrected chi connectivity index (χ4v) is 3.07. The number of benzene rings is 1. The van der Waals surface area contributed by atoms with E-state index >= 15 is 0 Å². The lowest BCUT2D eigenvalue weighted by Gasteiger charge is -2.28. The Bertz CT molecular complexity index is 568. The molecule has 1 atom stereocenters. The van der Waals surface area contributed by atoms with Crippen LogP contribution in [0, 0.1) is 5.92 Å². The van der Waals surface area contributed by atoms with Crippen LogP contribution in [0.15, 0.2) is 12.1 Å². The number of rotatable bonds is 7. The molecule has 0 aromatic heterocycles. The minimum atomic E-state index is -0.295. The van der Waals surface area contributed by atoms with Gasteiger partial charge in [0.05, 0.1) is 12.2 Å². The van der Waals surface area contributed by atoms with Gasteiger partial charge in [0, 0.05) is 11.1 Å². The summed E-state index contributed by atoms with van der Waals surface area (Å²) in [7, 11) is 0. The Balaban J connectivity index is 3.13. The lowest BCUT2D eigenvalue weighted by Crippen LogP contribution is -2.20. The van der Waals surface area contributed by atoms with Crippen molar-refractivity contribution in [3.8, 4) is 5.75 Å². The molecular formula is C23H38O3. The first kappa shape index (κ1) is 22.5. The van der Waals surface area contributed by atoms with Gasteiger partial charge in [-0.2, -0.15) is 0 Å². The summed E-state index contributed by atoms with van der Waals surface area (Å²) in [6.45, 7) is 17.0. The largest absolute Gasteiger partial charge is 0.507 e. The number of carbonyl (C=O) groups is 1. The van der Waals surface area contributed by atoms with Crippen molar-refractivity contribution in [3.05, 3.63) is 28.8 Å². The molecule has 0 saturated carbocycles. The smallest absolute Gasteiger partial charge is 0.338 e. The topological polar surface area (TPSA) is 46.5 Å². The van der Waals surface area contributed by atoms with Crippen molar-refractivity contribution in [2.45, 2.75) is 91.9 Å². The lowest BCUT2D eigenvalue weighted by atomic mass is 9.78. The average Bonchev–Trinajstić information content (AvgIpc) is 2.52. The zero-order chi connectivity index (χ0) is 20.1. The summed E-state index contributed by atoms with van der Waals surface area (Å²) in [5, 5.41) is 10.8. The number of ether oxygens (including phenoxy) is 1. The predicted octanol–water partition coefficient (Wildman–Crippen LogP) is 6.36. The van der Waals surface area contributed by atoms with Crippen molar-refractivity contribution in [2.75, 3.05) is 6.61 Å². The van der Waals surface area contributed by atoms with E-state index in [2.05, 4.69) is 13.8 Å². The van der Waals surface area contributed by atoms with E-state index < -0.39 is 0 Å². The molecule has 0 aliphatic rings. The second-order valence-electron chi connectivity index (χ2n) is 9.43. The maximum atomic E-state index is 12.7. The minimum Gasteiger partial charge on any atom is -0.507 e. The summed E-state index contributed by atoms with van der Waals surface area (Å²) in [4.78, 5) is 12.7. The highest BCUT2D eigenvalue weighted by molar-refractivity contribution is 5.90. The predicted molar refractivity (Wildman–Crippen MR) is 109 cm³/mol. The molecule has 0 aliphatic heterocycles. The van der Waals surface area contributed by atoms with Crippen LogP contribution in [0.2, 0.25) is 0 Å². The Kier molecular flexibility index (Phi) is 7.73. The van der Waals surface area contributed by atoms with Gasteiger partial charge in [0.15, 0.2) is 0 Å². The third-order valence-corrected chi connectivity index (χ3v) is 4.96. The molecule has 0 aliphatic carbocycles. The molecule has 0 heterocycles. The minimum absolute atomic E-state index is 0.256. The van der Waals surface area contributed by atoms with Crippen LogP contribution in [0.5, 0.6) is 5.75 Å². The van der Waals surface area contributed by atoms with Crippen LogP contribution in [0.3, 0.4) is 0 Å². The standard InChI is InChI=1S/C23H38O3/c1-9-11-12-16(10-2)15-26-21(25)17-13-18(22(3,4)5)20(24)19(14-17)23(6,7)8/h13-14,16,24H,9-12,15H2,1-8H3. The fourth-order valence-electron chi connectivity index (χ4n) is 3.07. The molecule has 3 heteroatoms. The zero-order valence-corrected chi connectivity index (χ0v) is 18.0. The first-order valence-electron chi connectivity index (χ1n) is 9.96. The van der Waals surface area contributed by atoms with E-state index in [0.29, 0.717) is 18.1 Å². The summed E-state index contributed by atoms with van der Waals surface area (Å²) in [6, 6.07) is 3.58. The number of phenolic OH excluding ortho intramolecular Hbond substituents is 1. The van der Waals surface area contributed by atoms with Gasteiger partial charge in [0.2, 0.25) is 0 Å². The van der Waals surface area contributed by atoms with Crippen LogP contribution in [-0.2, 0) is 15.6 Å². The van der Waals surface area contributed by atoms with Gasteiger partial charge in [-0.15, -0.1) is 0 Å². The van der Waals surface area contributed by atoms with Gasteiger partial charge < -0.3 is 9.84 Å². The van der Waals surface area contributed by atoms with E-state index in [0.717, 1.165) is 36.8 Å². The second kappa shape index (κ2) is 8.92. The zero-order valence-electron chi connectivity index (χ0n) is 18.0. The summed E-state index contributed by atoms with van der Waals surface area (Å²) in [5.74, 6) is 0.409. The van der Waals surface area contributed by atoms with Gasteiger partial charge in [0.1, 0.15) is 5.75 Å². The number of esters is 1. The monoisotopic (exact) mass is 362 g/mol. The molecule has 0 saturated heterocycles. The van der Waals surface area contributed by atoms with E-state index in [-0.39, 0.29) is 22.5 Å². The van der Waals surface area contributed by atoms with E-state index in [1.54, 1.807) is 12.1 Å². The molecule has 1 aromatic carbocycles. The van der Waals surface area contributed by atoms with Crippen molar-refractivity contribution in [1.82, 2.24) is 0 Å². The Morgan fingerprint density at radius 2 is 1.54 bits per heavy atom. The molecule has 0 fully saturated rings. The number of unbranched alkanes of at least 4 members (excludes halogenated alkanes) is 1. The Morgan fingerprint density at radius 3 is 1.92 bits per heavy atom. The highest BCUT2D eigenvalue weighted by atomic mass is 16.5. The van der Waals surface area contributed by atoms with E-state index in [4.69, 9.17) is 4.74 Å². The number of carbonyl (C=O) groups excluding carboxylic acids is 1. The number of phenols is 1. The maximum Gasteiger partial charge on any atom is 0.338 e. The highest BCUT2D eigenvalue weighted by Crippen LogP contribution is 2.39. The molecule has 148 valence electrons. The van der Waals surface area contributed by atoms with E-state index in [1.165, 1.54) is 0 Å². The van der Waals surface area contributed by atoms with Crippen molar-refractivity contribution < 1.29 is 14.6 Å². The van der Waals surface area contributed by atoms with Crippen LogP contribution in [0.1, 0.15) is 103 Å². The number of aromatic hydroxyl groups is 1. The second-order valence-corrected chi connectivity index (χ2v) is 9.43. The molecule has 1 N–H and O–H groups in total. The fraction of sp³-hybridized carbons (Fsp3) is 0.696. The van der Waals surface area contributed by atoms with Crippen LogP contribution >= 0.6 is 0 Å². The molecule has 0 radical (unpaired) electrons. The van der Waals surface area contributed by atoms with Gasteiger partial charge in [-0.3, -0.25) is 0 Å². The van der Waals surface area contributed by atoms with Crippen molar-refractivity contribution in [3.63, 3.8) is 0 Å². The third kappa shape index (κ3) is 6.03. The summed E-state index contributed by atoms with van der Waals surface area (Å²) in [5.41, 5.74) is 1.59. The van der Waals surface area contributed by atoms with Gasteiger partial charge >= 0.3 is 5.97 Å². The third-order valence-electron chi connectivity index (χ3n) is 4.96. The van der Waals surface area contributed by atoms with Crippen LogP contribution in [-0.4, -0.2) is 17.7 Å². The molecule has 1 aromatic rings. The van der Waals surface area contributed by atoms with Gasteiger partial charge in [-0.25, -0.2) is 4.79 Å². The highest BCUT2D eigenvalue weighted by Gasteiger charge is 2.28. The van der Waals surface area contributed by atoms with Crippen molar-refractivity contribution in [2.24, 2.45) is 5.92 Å². The van der Waals surface area contributed by atoms with Crippen molar-refractivity contribution >= 4 is 5.97 Å². The van der Waals surface area contributed by atoms with Gasteiger partial charge in [0.25, 0.3) is 0 Å². The summed E-state index contributed by atoms with van der Waals surface area (Å²) < 4.78 is 5.63. The van der Waals surface area contributed by atoms with Gasteiger partial charge in [-0.05, 0) is 35.3 Å². The van der Waals surface area contributed by atoms with Crippen LogP contribution < -0.4 is 0 Å². The normalized spacial score (nSPS) is 13.5. The molecule has 0 amide bonds. The molecule has 26 heavy (non-hydrogen) atoms. The number of hydrogen-bond acceptors (Lipinski definition) is 3. The first-order chi connectivity index (χ1) is 11.9. The molecule has 1 unspecified atom stereocenters. The quantitative estimate of drug-likeness (QED) is 0.574. The maximum absolute atomic E-state index is 12.7. The molecule has 1 rings (SSSR count). The Hall–Kier alpha value is -1.51. The lowest BCUT2D eigenvalue weighted by molar-refractivity contribution is 0.0428. The Morgan fingerprint density at radius 1 is 1.04 bits per heavy atom. The SMILES string of the molecule is CCCCC(CC)COC(=O)c1cc(C(C)(C)C)c(O)c(C(C)(C)C)c1. The van der Waals surface area contributed by atoms with Gasteiger partial charge in [-0.1, -0.05) is 74.7 Å². The molecule has 0 bridgehead atoms. The van der Waals surface area contributed by atoms with Crippen molar-refractivity contribution in [1.29, 1.82) is 0 Å². The van der Waals surface area contributed by atoms with E-state index in [9.17, 15) is 9.90 Å². The molecule has 3 nitrogen and oxygen atoms in total.